The van der Waals surface area contributed by atoms with Gasteiger partial charge >= 0.3 is 0 Å². The highest BCUT2D eigenvalue weighted by molar-refractivity contribution is 5.90. The zero-order valence-corrected chi connectivity index (χ0v) is 6.26. The lowest BCUT2D eigenvalue weighted by atomic mass is 10.5. The van der Waals surface area contributed by atoms with Crippen LogP contribution in [0.3, 0.4) is 0 Å². The fourth-order valence-corrected chi connectivity index (χ4v) is 0.517. The third-order valence-electron chi connectivity index (χ3n) is 0.899. The molecule has 0 aliphatic carbocycles. The van der Waals surface area contributed by atoms with Gasteiger partial charge in [0.15, 0.2) is 0 Å². The maximum absolute atomic E-state index is 6.91. The molecule has 0 spiro atoms. The fraction of sp³-hybridized carbons (Fsp3) is 0.333. The summed E-state index contributed by atoms with van der Waals surface area (Å²) < 4.78 is 0. The molecule has 56 valence electrons. The molecule has 0 saturated carbocycles. The third-order valence-corrected chi connectivity index (χ3v) is 0.899. The van der Waals surface area contributed by atoms with Crippen LogP contribution in [0.25, 0.3) is 0 Å². The van der Waals surface area contributed by atoms with Crippen LogP contribution >= 0.6 is 0 Å². The van der Waals surface area contributed by atoms with Crippen molar-refractivity contribution < 1.29 is 5.32 Å². The number of nitrogens with one attached hydrogen (secondary N) is 1. The molecule has 0 aromatic heterocycles. The minimum atomic E-state index is 0.0266. The predicted molar refractivity (Wildman–Crippen MR) is 42.0 cm³/mol. The number of nitrogens with zero attached hydrogens (tertiary/aromatic N) is 1. The lowest BCUT2D eigenvalue weighted by molar-refractivity contribution is -0.409. The van der Waals surface area contributed by atoms with Crippen molar-refractivity contribution in [1.82, 2.24) is 0 Å². The summed E-state index contributed by atoms with van der Waals surface area (Å²) in [5.41, 5.74) is 5.11. The molecule has 0 aromatic rings. The van der Waals surface area contributed by atoms with Crippen molar-refractivity contribution >= 4 is 11.8 Å². The van der Waals surface area contributed by atoms with E-state index in [1.165, 1.54) is 5.32 Å². The third kappa shape index (κ3) is 3.80. The second kappa shape index (κ2) is 4.69. The largest absolute Gasteiger partial charge is 0.338 e. The van der Waals surface area contributed by atoms with Gasteiger partial charge in [0, 0.05) is 13.1 Å². The predicted octanol–water partition coefficient (Wildman–Crippen LogP) is -0.952. The molecule has 5 N–H and O–H groups in total. The molecule has 0 radical (unpaired) electrons. The van der Waals surface area contributed by atoms with Gasteiger partial charge < -0.3 is 5.73 Å². The summed E-state index contributed by atoms with van der Waals surface area (Å²) in [6.45, 7) is 1.89. The van der Waals surface area contributed by atoms with Gasteiger partial charge in [-0.25, -0.2) is 15.7 Å². The molecule has 4 nitrogen and oxygen atoms in total. The zero-order chi connectivity index (χ0) is 7.98. The number of quaternary nitrogens is 1. The van der Waals surface area contributed by atoms with Gasteiger partial charge in [-0.05, 0) is 6.92 Å². The molecule has 0 aliphatic rings. The summed E-state index contributed by atoms with van der Waals surface area (Å²) in [6, 6.07) is 0. The molecule has 0 unspecified atom stereocenters. The van der Waals surface area contributed by atoms with Crippen LogP contribution < -0.4 is 11.1 Å². The first-order valence-electron chi connectivity index (χ1n) is 2.99. The van der Waals surface area contributed by atoms with E-state index in [2.05, 4.69) is 4.99 Å². The number of aliphatic imine (C=N–C) groups is 1. The highest BCUT2D eigenvalue weighted by Crippen LogP contribution is 1.67. The number of hydrogen-bond donors (Lipinski definition) is 3. The second-order valence-corrected chi connectivity index (χ2v) is 1.75. The summed E-state index contributed by atoms with van der Waals surface area (Å²) in [5.74, 6) is 0.744. The molecule has 4 heteroatoms. The van der Waals surface area contributed by atoms with Crippen molar-refractivity contribution in [3.05, 3.63) is 12.2 Å². The molecular weight excluding hydrogens is 128 g/mol. The van der Waals surface area contributed by atoms with Gasteiger partial charge in [-0.3, -0.25) is 0 Å². The molecule has 10 heavy (non-hydrogen) atoms. The molecule has 0 rings (SSSR count). The van der Waals surface area contributed by atoms with Gasteiger partial charge in [0.25, 0.3) is 5.96 Å². The van der Waals surface area contributed by atoms with E-state index in [1.54, 1.807) is 13.1 Å². The zero-order valence-electron chi connectivity index (χ0n) is 6.26. The smallest absolute Gasteiger partial charge is 0.295 e. The van der Waals surface area contributed by atoms with Gasteiger partial charge in [0.1, 0.15) is 0 Å². The minimum Gasteiger partial charge on any atom is -0.338 e. The lowest BCUT2D eigenvalue weighted by Crippen LogP contribution is -2.93. The maximum Gasteiger partial charge on any atom is 0.295 e. The van der Waals surface area contributed by atoms with Crippen LogP contribution in [-0.2, 0) is 0 Å². The van der Waals surface area contributed by atoms with Gasteiger partial charge in [-0.2, -0.15) is 0 Å². The Morgan fingerprint density at radius 1 is 1.70 bits per heavy atom. The molecule has 0 atom stereocenters. The van der Waals surface area contributed by atoms with Crippen LogP contribution in [-0.4, -0.2) is 18.8 Å². The Bertz CT molecular complexity index is 169. The van der Waals surface area contributed by atoms with E-state index in [0.717, 1.165) is 5.84 Å². The summed E-state index contributed by atoms with van der Waals surface area (Å²) in [7, 11) is 1.66. The average Bonchev–Trinajstić information content (AvgIpc) is 1.86. The van der Waals surface area contributed by atoms with E-state index in [-0.39, 0.29) is 5.96 Å². The van der Waals surface area contributed by atoms with Crippen molar-refractivity contribution in [3.63, 3.8) is 0 Å². The summed E-state index contributed by atoms with van der Waals surface area (Å²) in [5, 5.41) is 8.41. The Labute approximate surface area is 60.3 Å². The molecule has 0 aromatic carbocycles. The Kier molecular flexibility index (Phi) is 4.15. The van der Waals surface area contributed by atoms with Gasteiger partial charge in [0.05, 0.1) is 0 Å². The van der Waals surface area contributed by atoms with Gasteiger partial charge in [-0.1, -0.05) is 6.08 Å². The highest BCUT2D eigenvalue weighted by Gasteiger charge is 1.97. The standard InChI is InChI=1S/C6H12N4/c1-3-4-5(9-2)10-6(7)8/h3-4H,1-2H3,(H4,7,8,9,10)/p+1. The highest BCUT2D eigenvalue weighted by atomic mass is 15.1. The van der Waals surface area contributed by atoms with E-state index in [4.69, 9.17) is 11.1 Å². The van der Waals surface area contributed by atoms with Crippen molar-refractivity contribution in [2.24, 2.45) is 10.7 Å². The summed E-state index contributed by atoms with van der Waals surface area (Å²) in [4.78, 5) is 3.87. The summed E-state index contributed by atoms with van der Waals surface area (Å²) in [6.07, 6.45) is 3.64. The van der Waals surface area contributed by atoms with E-state index in [1.807, 2.05) is 13.0 Å². The van der Waals surface area contributed by atoms with Crippen LogP contribution in [0.4, 0.5) is 0 Å². The quantitative estimate of drug-likeness (QED) is 0.319. The second-order valence-electron chi connectivity index (χ2n) is 1.75. The molecule has 0 aliphatic heterocycles. The van der Waals surface area contributed by atoms with Crippen LogP contribution in [0.15, 0.2) is 17.1 Å². The Balaban J connectivity index is 3.98. The SMILES string of the molecule is CC=CC(=NC)[NH2+]C(=N)N. The first-order chi connectivity index (χ1) is 4.70. The van der Waals surface area contributed by atoms with Gasteiger partial charge in [0.2, 0.25) is 5.84 Å². The Morgan fingerprint density at radius 2 is 2.30 bits per heavy atom. The fourth-order valence-electron chi connectivity index (χ4n) is 0.517. The van der Waals surface area contributed by atoms with E-state index in [9.17, 15) is 0 Å². The molecule has 0 saturated heterocycles. The number of allylic oxidation sites excluding steroid dienone is 1. The number of amidine groups is 1. The van der Waals surface area contributed by atoms with Crippen molar-refractivity contribution in [2.45, 2.75) is 6.92 Å². The Morgan fingerprint density at radius 3 is 2.60 bits per heavy atom. The number of rotatable bonds is 1. The van der Waals surface area contributed by atoms with Crippen molar-refractivity contribution in [3.8, 4) is 0 Å². The maximum atomic E-state index is 6.91. The van der Waals surface area contributed by atoms with Gasteiger partial charge in [-0.15, -0.1) is 0 Å². The number of guanidine groups is 1. The van der Waals surface area contributed by atoms with Crippen molar-refractivity contribution in [2.75, 3.05) is 7.05 Å². The topological polar surface area (TPSA) is 78.8 Å². The molecular formula is C6H13N4+. The normalized spacial score (nSPS) is 12.4. The van der Waals surface area contributed by atoms with E-state index >= 15 is 0 Å². The van der Waals surface area contributed by atoms with E-state index < -0.39 is 0 Å². The Hall–Kier alpha value is -1.16. The number of nitrogens with two attached hydrogens (primary N) is 2. The summed E-state index contributed by atoms with van der Waals surface area (Å²) >= 11 is 0. The monoisotopic (exact) mass is 141 g/mol. The lowest BCUT2D eigenvalue weighted by Gasteiger charge is -1.92. The minimum absolute atomic E-state index is 0.0266. The average molecular weight is 141 g/mol. The van der Waals surface area contributed by atoms with Crippen molar-refractivity contribution in [1.29, 1.82) is 5.41 Å². The first-order valence-corrected chi connectivity index (χ1v) is 2.99. The van der Waals surface area contributed by atoms with Crippen LogP contribution in [0, 0.1) is 5.41 Å². The first kappa shape index (κ1) is 8.84. The molecule has 0 amide bonds. The van der Waals surface area contributed by atoms with E-state index in [0.29, 0.717) is 0 Å². The number of hydrogen-bond acceptors (Lipinski definition) is 2. The molecule has 0 fully saturated rings. The van der Waals surface area contributed by atoms with Crippen LogP contribution in [0.5, 0.6) is 0 Å². The molecule has 0 bridgehead atoms. The van der Waals surface area contributed by atoms with Crippen LogP contribution in [0.1, 0.15) is 6.92 Å². The molecule has 0 heterocycles. The van der Waals surface area contributed by atoms with Crippen LogP contribution in [0.2, 0.25) is 0 Å².